The highest BCUT2D eigenvalue weighted by atomic mass is 16.6. The minimum absolute atomic E-state index is 0.00375. The van der Waals surface area contributed by atoms with E-state index in [-0.39, 0.29) is 11.3 Å². The highest BCUT2D eigenvalue weighted by Gasteiger charge is 2.27. The maximum absolute atomic E-state index is 11.1. The summed E-state index contributed by atoms with van der Waals surface area (Å²) in [5, 5.41) is 29.9. The van der Waals surface area contributed by atoms with E-state index in [0.29, 0.717) is 12.8 Å². The number of aromatic carboxylic acids is 1. The van der Waals surface area contributed by atoms with E-state index in [0.717, 1.165) is 25.3 Å². The van der Waals surface area contributed by atoms with Gasteiger partial charge in [0.05, 0.1) is 16.6 Å². The number of aliphatic hydroxyl groups is 1. The van der Waals surface area contributed by atoms with Gasteiger partial charge in [0.15, 0.2) is 5.75 Å². The van der Waals surface area contributed by atoms with Gasteiger partial charge in [0.25, 0.3) is 0 Å². The Morgan fingerprint density at radius 1 is 1.29 bits per heavy atom. The lowest BCUT2D eigenvalue weighted by Gasteiger charge is -2.21. The fourth-order valence-corrected chi connectivity index (χ4v) is 2.45. The van der Waals surface area contributed by atoms with Gasteiger partial charge in [0, 0.05) is 6.07 Å². The summed E-state index contributed by atoms with van der Waals surface area (Å²) < 4.78 is 5.59. The molecule has 0 bridgehead atoms. The molecule has 1 fully saturated rings. The van der Waals surface area contributed by atoms with Crippen molar-refractivity contribution in [2.75, 3.05) is 0 Å². The highest BCUT2D eigenvalue weighted by Crippen LogP contribution is 2.31. The van der Waals surface area contributed by atoms with E-state index >= 15 is 0 Å². The van der Waals surface area contributed by atoms with Crippen molar-refractivity contribution < 1.29 is 24.7 Å². The van der Waals surface area contributed by atoms with Gasteiger partial charge < -0.3 is 14.9 Å². The molecule has 7 nitrogen and oxygen atoms in total. The summed E-state index contributed by atoms with van der Waals surface area (Å²) in [5.41, 5.74) is -0.568. The van der Waals surface area contributed by atoms with Gasteiger partial charge in [-0.15, -0.1) is 0 Å². The number of nitro groups is 1. The number of carboxylic acids is 1. The van der Waals surface area contributed by atoms with E-state index in [1.165, 1.54) is 12.1 Å². The highest BCUT2D eigenvalue weighted by molar-refractivity contribution is 5.88. The first-order valence-corrected chi connectivity index (χ1v) is 6.85. The van der Waals surface area contributed by atoms with Gasteiger partial charge in [-0.1, -0.05) is 12.8 Å². The van der Waals surface area contributed by atoms with Gasteiger partial charge in [-0.3, -0.25) is 10.1 Å². The van der Waals surface area contributed by atoms with Crippen molar-refractivity contribution in [3.63, 3.8) is 0 Å². The second-order valence-corrected chi connectivity index (χ2v) is 5.11. The van der Waals surface area contributed by atoms with Crippen LogP contribution in [0, 0.1) is 10.1 Å². The van der Waals surface area contributed by atoms with E-state index in [2.05, 4.69) is 0 Å². The number of ether oxygens (including phenoxy) is 1. The van der Waals surface area contributed by atoms with Gasteiger partial charge in [-0.05, 0) is 31.4 Å². The summed E-state index contributed by atoms with van der Waals surface area (Å²) in [6.45, 7) is 0. The minimum atomic E-state index is -1.24. The van der Waals surface area contributed by atoms with Crippen molar-refractivity contribution in [2.24, 2.45) is 0 Å². The van der Waals surface area contributed by atoms with Crippen LogP contribution in [0.25, 0.3) is 0 Å². The molecule has 1 aliphatic carbocycles. The molecule has 1 aromatic rings. The van der Waals surface area contributed by atoms with Gasteiger partial charge in [0.2, 0.25) is 0 Å². The SMILES string of the molecule is O=C(O)c1ccc(OC2CCCCCC2O)c([N+](=O)[O-])c1. The lowest BCUT2D eigenvalue weighted by atomic mass is 10.1. The molecule has 0 aliphatic heterocycles. The average Bonchev–Trinajstić information content (AvgIpc) is 2.64. The summed E-state index contributed by atoms with van der Waals surface area (Å²) in [4.78, 5) is 21.3. The van der Waals surface area contributed by atoms with E-state index in [4.69, 9.17) is 9.84 Å². The molecule has 0 radical (unpaired) electrons. The Morgan fingerprint density at radius 3 is 2.67 bits per heavy atom. The van der Waals surface area contributed by atoms with Crippen molar-refractivity contribution in [3.8, 4) is 5.75 Å². The van der Waals surface area contributed by atoms with Crippen LogP contribution in [-0.4, -0.2) is 33.3 Å². The number of nitro benzene ring substituents is 1. The smallest absolute Gasteiger partial charge is 0.335 e. The molecule has 0 saturated heterocycles. The average molecular weight is 295 g/mol. The molecule has 1 aromatic carbocycles. The molecule has 2 unspecified atom stereocenters. The third-order valence-electron chi connectivity index (χ3n) is 3.60. The molecule has 1 aliphatic rings. The summed E-state index contributed by atoms with van der Waals surface area (Å²) in [6.07, 6.45) is 2.86. The fourth-order valence-electron chi connectivity index (χ4n) is 2.45. The predicted octanol–water partition coefficient (Wildman–Crippen LogP) is 2.37. The molecule has 2 N–H and O–H groups in total. The second kappa shape index (κ2) is 6.53. The summed E-state index contributed by atoms with van der Waals surface area (Å²) >= 11 is 0. The third-order valence-corrected chi connectivity index (χ3v) is 3.60. The predicted molar refractivity (Wildman–Crippen MR) is 73.6 cm³/mol. The Hall–Kier alpha value is -2.15. The molecule has 1 saturated carbocycles. The Balaban J connectivity index is 2.26. The van der Waals surface area contributed by atoms with Gasteiger partial charge in [0.1, 0.15) is 6.10 Å². The van der Waals surface area contributed by atoms with E-state index in [1.54, 1.807) is 0 Å². The first-order valence-electron chi connectivity index (χ1n) is 6.85. The zero-order valence-corrected chi connectivity index (χ0v) is 11.4. The molecule has 114 valence electrons. The number of carboxylic acid groups (broad SMARTS) is 1. The molecular weight excluding hydrogens is 278 g/mol. The summed E-state index contributed by atoms with van der Waals surface area (Å²) in [6, 6.07) is 3.51. The second-order valence-electron chi connectivity index (χ2n) is 5.11. The van der Waals surface area contributed by atoms with Gasteiger partial charge >= 0.3 is 11.7 Å². The number of nitrogens with zero attached hydrogens (tertiary/aromatic N) is 1. The van der Waals surface area contributed by atoms with Crippen LogP contribution in [0.4, 0.5) is 5.69 Å². The monoisotopic (exact) mass is 295 g/mol. The summed E-state index contributed by atoms with van der Waals surface area (Å²) in [5.74, 6) is -1.24. The summed E-state index contributed by atoms with van der Waals surface area (Å²) in [7, 11) is 0. The number of aliphatic hydroxyl groups excluding tert-OH is 1. The van der Waals surface area contributed by atoms with E-state index in [1.807, 2.05) is 0 Å². The van der Waals surface area contributed by atoms with E-state index < -0.39 is 28.8 Å². The maximum Gasteiger partial charge on any atom is 0.335 e. The topological polar surface area (TPSA) is 110 Å². The van der Waals surface area contributed by atoms with Crippen molar-refractivity contribution in [1.29, 1.82) is 0 Å². The molecule has 21 heavy (non-hydrogen) atoms. The molecule has 0 heterocycles. The molecule has 2 rings (SSSR count). The van der Waals surface area contributed by atoms with Gasteiger partial charge in [-0.2, -0.15) is 0 Å². The first-order chi connectivity index (χ1) is 9.99. The number of carbonyl (C=O) groups is 1. The fraction of sp³-hybridized carbons (Fsp3) is 0.500. The Kier molecular flexibility index (Phi) is 4.74. The third kappa shape index (κ3) is 3.69. The van der Waals surface area contributed by atoms with Crippen molar-refractivity contribution in [3.05, 3.63) is 33.9 Å². The number of rotatable bonds is 4. The van der Waals surface area contributed by atoms with Gasteiger partial charge in [-0.25, -0.2) is 4.79 Å². The van der Waals surface area contributed by atoms with Crippen LogP contribution in [0.3, 0.4) is 0 Å². The van der Waals surface area contributed by atoms with Crippen molar-refractivity contribution in [1.82, 2.24) is 0 Å². The molecule has 0 amide bonds. The molecule has 7 heteroatoms. The van der Waals surface area contributed by atoms with Crippen LogP contribution in [-0.2, 0) is 0 Å². The quantitative estimate of drug-likeness (QED) is 0.501. The molecular formula is C14H17NO6. The van der Waals surface area contributed by atoms with Crippen molar-refractivity contribution >= 4 is 11.7 Å². The van der Waals surface area contributed by atoms with Crippen molar-refractivity contribution in [2.45, 2.75) is 44.3 Å². The largest absolute Gasteiger partial charge is 0.481 e. The van der Waals surface area contributed by atoms with Crippen LogP contribution in [0.5, 0.6) is 5.75 Å². The minimum Gasteiger partial charge on any atom is -0.481 e. The normalized spacial score (nSPS) is 22.3. The molecule has 0 spiro atoms. The zero-order valence-electron chi connectivity index (χ0n) is 11.4. The van der Waals surface area contributed by atoms with Crippen LogP contribution in [0.15, 0.2) is 18.2 Å². The van der Waals surface area contributed by atoms with E-state index in [9.17, 15) is 20.0 Å². The lowest BCUT2D eigenvalue weighted by molar-refractivity contribution is -0.386. The van der Waals surface area contributed by atoms with Crippen LogP contribution >= 0.6 is 0 Å². The number of hydrogen-bond acceptors (Lipinski definition) is 5. The Bertz CT molecular complexity index is 544. The standard InChI is InChI=1S/C14H17NO6/c16-11-4-2-1-3-5-13(11)21-12-7-6-9(14(17)18)8-10(12)15(19)20/h6-8,11,13,16H,1-5H2,(H,17,18). The number of benzene rings is 1. The lowest BCUT2D eigenvalue weighted by Crippen LogP contribution is -2.30. The van der Waals surface area contributed by atoms with Crippen LogP contribution in [0.2, 0.25) is 0 Å². The maximum atomic E-state index is 11.1. The van der Waals surface area contributed by atoms with Crippen LogP contribution in [0.1, 0.15) is 42.5 Å². The zero-order chi connectivity index (χ0) is 15.4. The Labute approximate surface area is 121 Å². The Morgan fingerprint density at radius 2 is 2.00 bits per heavy atom. The first kappa shape index (κ1) is 15.2. The molecule has 2 atom stereocenters. The number of hydrogen-bond donors (Lipinski definition) is 2. The molecule has 0 aromatic heterocycles. The van der Waals surface area contributed by atoms with Crippen LogP contribution < -0.4 is 4.74 Å².